The van der Waals surface area contributed by atoms with Crippen LogP contribution in [0, 0.1) is 12.7 Å². The number of nitrogens with two attached hydrogens (primary N) is 1. The Kier molecular flexibility index (Phi) is 2.04. The lowest BCUT2D eigenvalue weighted by Gasteiger charge is -2.04. The van der Waals surface area contributed by atoms with Crippen molar-refractivity contribution in [2.24, 2.45) is 0 Å². The highest BCUT2D eigenvalue weighted by atomic mass is 35.5. The summed E-state index contributed by atoms with van der Waals surface area (Å²) in [4.78, 5) is 3.90. The molecule has 1 heterocycles. The fourth-order valence-corrected chi connectivity index (χ4v) is 1.57. The number of aryl methyl sites for hydroxylation is 1. The van der Waals surface area contributed by atoms with Crippen molar-refractivity contribution >= 4 is 28.2 Å². The standard InChI is InChI=1S/C10H8ClFN2/c1-5-2-6-9(11)8(13)4-14-10(6)7(12)3-5/h2-4H,13H2,1H3. The van der Waals surface area contributed by atoms with Crippen LogP contribution in [0.4, 0.5) is 10.1 Å². The van der Waals surface area contributed by atoms with Gasteiger partial charge in [-0.3, -0.25) is 4.98 Å². The number of fused-ring (bicyclic) bond motifs is 1. The van der Waals surface area contributed by atoms with Crippen LogP contribution in [0.25, 0.3) is 10.9 Å². The Balaban J connectivity index is 2.95. The number of hydrogen-bond donors (Lipinski definition) is 1. The predicted octanol–water partition coefficient (Wildman–Crippen LogP) is 2.92. The molecule has 0 aliphatic heterocycles. The van der Waals surface area contributed by atoms with Gasteiger partial charge in [-0.2, -0.15) is 0 Å². The van der Waals surface area contributed by atoms with Gasteiger partial charge in [0.2, 0.25) is 0 Å². The van der Waals surface area contributed by atoms with E-state index in [0.29, 0.717) is 16.1 Å². The third-order valence-electron chi connectivity index (χ3n) is 2.03. The molecule has 0 spiro atoms. The smallest absolute Gasteiger partial charge is 0.149 e. The monoisotopic (exact) mass is 210 g/mol. The summed E-state index contributed by atoms with van der Waals surface area (Å²) in [5.41, 5.74) is 6.99. The van der Waals surface area contributed by atoms with Crippen molar-refractivity contribution in [1.29, 1.82) is 0 Å². The maximum absolute atomic E-state index is 13.4. The quantitative estimate of drug-likeness (QED) is 0.726. The Morgan fingerprint density at radius 1 is 1.43 bits per heavy atom. The Morgan fingerprint density at radius 3 is 2.86 bits per heavy atom. The van der Waals surface area contributed by atoms with Gasteiger partial charge >= 0.3 is 0 Å². The van der Waals surface area contributed by atoms with Crippen LogP contribution >= 0.6 is 11.6 Å². The Morgan fingerprint density at radius 2 is 2.14 bits per heavy atom. The lowest BCUT2D eigenvalue weighted by atomic mass is 10.1. The van der Waals surface area contributed by atoms with Gasteiger partial charge in [0.05, 0.1) is 16.9 Å². The minimum Gasteiger partial charge on any atom is -0.396 e. The molecule has 1 aromatic carbocycles. The van der Waals surface area contributed by atoms with Crippen LogP contribution in [0.3, 0.4) is 0 Å². The highest BCUT2D eigenvalue weighted by molar-refractivity contribution is 6.37. The summed E-state index contributed by atoms with van der Waals surface area (Å²) >= 11 is 5.94. The van der Waals surface area contributed by atoms with Crippen molar-refractivity contribution < 1.29 is 4.39 Å². The van der Waals surface area contributed by atoms with Crippen molar-refractivity contribution in [3.63, 3.8) is 0 Å². The van der Waals surface area contributed by atoms with Gasteiger partial charge < -0.3 is 5.73 Å². The fraction of sp³-hybridized carbons (Fsp3) is 0.100. The molecule has 2 aromatic rings. The first kappa shape index (κ1) is 9.21. The normalized spacial score (nSPS) is 10.8. The number of pyridine rings is 1. The van der Waals surface area contributed by atoms with E-state index in [9.17, 15) is 4.39 Å². The molecule has 14 heavy (non-hydrogen) atoms. The van der Waals surface area contributed by atoms with Crippen LogP contribution in [0.1, 0.15) is 5.56 Å². The summed E-state index contributed by atoms with van der Waals surface area (Å²) in [5, 5.41) is 0.918. The van der Waals surface area contributed by atoms with Crippen molar-refractivity contribution in [2.75, 3.05) is 5.73 Å². The summed E-state index contributed by atoms with van der Waals surface area (Å²) in [7, 11) is 0. The molecule has 4 heteroatoms. The Labute approximate surface area is 85.5 Å². The number of nitrogens with zero attached hydrogens (tertiary/aromatic N) is 1. The van der Waals surface area contributed by atoms with E-state index in [1.807, 2.05) is 0 Å². The molecule has 0 atom stereocenters. The molecule has 0 saturated heterocycles. The highest BCUT2D eigenvalue weighted by Crippen LogP contribution is 2.29. The molecule has 0 aliphatic rings. The molecule has 0 aliphatic carbocycles. The van der Waals surface area contributed by atoms with E-state index in [1.165, 1.54) is 12.3 Å². The largest absolute Gasteiger partial charge is 0.396 e. The topological polar surface area (TPSA) is 38.9 Å². The second-order valence-electron chi connectivity index (χ2n) is 3.17. The van der Waals surface area contributed by atoms with Crippen LogP contribution < -0.4 is 5.73 Å². The molecule has 2 rings (SSSR count). The zero-order chi connectivity index (χ0) is 10.3. The Bertz CT molecular complexity index is 511. The van der Waals surface area contributed by atoms with Gasteiger partial charge in [0.25, 0.3) is 0 Å². The van der Waals surface area contributed by atoms with Crippen molar-refractivity contribution in [1.82, 2.24) is 4.98 Å². The van der Waals surface area contributed by atoms with Crippen molar-refractivity contribution in [3.05, 3.63) is 34.7 Å². The zero-order valence-corrected chi connectivity index (χ0v) is 8.27. The van der Waals surface area contributed by atoms with Gasteiger partial charge in [0, 0.05) is 5.39 Å². The molecule has 0 bridgehead atoms. The maximum atomic E-state index is 13.4. The summed E-state index contributed by atoms with van der Waals surface area (Å²) in [6.45, 7) is 1.79. The molecule has 2 nitrogen and oxygen atoms in total. The average Bonchev–Trinajstić information content (AvgIpc) is 2.12. The number of hydrogen-bond acceptors (Lipinski definition) is 2. The molecular weight excluding hydrogens is 203 g/mol. The predicted molar refractivity (Wildman–Crippen MR) is 55.9 cm³/mol. The first-order valence-corrected chi connectivity index (χ1v) is 4.47. The molecule has 2 N–H and O–H groups in total. The first-order chi connectivity index (χ1) is 6.59. The van der Waals surface area contributed by atoms with E-state index >= 15 is 0 Å². The number of nitrogen functional groups attached to an aromatic ring is 1. The van der Waals surface area contributed by atoms with Gasteiger partial charge in [0.1, 0.15) is 11.3 Å². The van der Waals surface area contributed by atoms with Crippen LogP contribution in [0.2, 0.25) is 5.02 Å². The van der Waals surface area contributed by atoms with E-state index in [-0.39, 0.29) is 11.3 Å². The van der Waals surface area contributed by atoms with Crippen LogP contribution in [-0.2, 0) is 0 Å². The lowest BCUT2D eigenvalue weighted by Crippen LogP contribution is -1.92. The van der Waals surface area contributed by atoms with E-state index in [2.05, 4.69) is 4.98 Å². The van der Waals surface area contributed by atoms with Gasteiger partial charge in [-0.25, -0.2) is 4.39 Å². The summed E-state index contributed by atoms with van der Waals surface area (Å²) < 4.78 is 13.4. The third kappa shape index (κ3) is 1.30. The minimum absolute atomic E-state index is 0.259. The zero-order valence-electron chi connectivity index (χ0n) is 7.51. The SMILES string of the molecule is Cc1cc(F)c2ncc(N)c(Cl)c2c1. The summed E-state index contributed by atoms with van der Waals surface area (Å²) in [5.74, 6) is -0.373. The van der Waals surface area contributed by atoms with E-state index in [0.717, 1.165) is 5.56 Å². The summed E-state index contributed by atoms with van der Waals surface area (Å²) in [6.07, 6.45) is 1.36. The van der Waals surface area contributed by atoms with Gasteiger partial charge in [-0.1, -0.05) is 11.6 Å². The molecule has 0 fully saturated rings. The molecule has 0 unspecified atom stereocenters. The summed E-state index contributed by atoms with van der Waals surface area (Å²) in [6, 6.07) is 3.19. The highest BCUT2D eigenvalue weighted by Gasteiger charge is 2.08. The maximum Gasteiger partial charge on any atom is 0.149 e. The first-order valence-electron chi connectivity index (χ1n) is 4.09. The van der Waals surface area contributed by atoms with Crippen molar-refractivity contribution in [2.45, 2.75) is 6.92 Å². The average molecular weight is 211 g/mol. The molecule has 0 amide bonds. The molecule has 0 saturated carbocycles. The third-order valence-corrected chi connectivity index (χ3v) is 2.45. The molecule has 0 radical (unpaired) electrons. The second-order valence-corrected chi connectivity index (χ2v) is 3.55. The number of aromatic nitrogens is 1. The number of benzene rings is 1. The van der Waals surface area contributed by atoms with Crippen molar-refractivity contribution in [3.8, 4) is 0 Å². The molecular formula is C10H8ClFN2. The number of rotatable bonds is 0. The number of halogens is 2. The molecule has 1 aromatic heterocycles. The minimum atomic E-state index is -0.373. The molecule has 72 valence electrons. The van der Waals surface area contributed by atoms with E-state index in [1.54, 1.807) is 13.0 Å². The van der Waals surface area contributed by atoms with Crippen LogP contribution in [-0.4, -0.2) is 4.98 Å². The van der Waals surface area contributed by atoms with Gasteiger partial charge in [-0.15, -0.1) is 0 Å². The van der Waals surface area contributed by atoms with E-state index in [4.69, 9.17) is 17.3 Å². The lowest BCUT2D eigenvalue weighted by molar-refractivity contribution is 0.636. The van der Waals surface area contributed by atoms with Gasteiger partial charge in [0.15, 0.2) is 0 Å². The fourth-order valence-electron chi connectivity index (χ4n) is 1.38. The van der Waals surface area contributed by atoms with Crippen LogP contribution in [0.5, 0.6) is 0 Å². The Hall–Kier alpha value is -1.35. The second kappa shape index (κ2) is 3.10. The number of anilines is 1. The van der Waals surface area contributed by atoms with Crippen LogP contribution in [0.15, 0.2) is 18.3 Å². The van der Waals surface area contributed by atoms with Gasteiger partial charge in [-0.05, 0) is 24.6 Å². The van der Waals surface area contributed by atoms with E-state index < -0.39 is 0 Å².